The fourth-order valence-corrected chi connectivity index (χ4v) is 2.59. The van der Waals surface area contributed by atoms with Gasteiger partial charge in [-0.05, 0) is 50.0 Å². The zero-order valence-corrected chi connectivity index (χ0v) is 12.0. The average Bonchev–Trinajstić information content (AvgIpc) is 2.46. The first-order valence-corrected chi connectivity index (χ1v) is 7.54. The molecule has 0 aromatic heterocycles. The van der Waals surface area contributed by atoms with Crippen molar-refractivity contribution < 1.29 is 14.9 Å². The summed E-state index contributed by atoms with van der Waals surface area (Å²) in [6, 6.07) is 7.52. The summed E-state index contributed by atoms with van der Waals surface area (Å²) in [5, 5.41) is 17.8. The highest BCUT2D eigenvalue weighted by atomic mass is 16.5. The molecule has 2 rings (SSSR count). The van der Waals surface area contributed by atoms with Gasteiger partial charge in [0, 0.05) is 13.0 Å². The quantitative estimate of drug-likeness (QED) is 0.590. The fraction of sp³-hybridized carbons (Fsp3) is 0.625. The lowest BCUT2D eigenvalue weighted by Crippen LogP contribution is -2.31. The summed E-state index contributed by atoms with van der Waals surface area (Å²) in [4.78, 5) is 2.51. The summed E-state index contributed by atoms with van der Waals surface area (Å²) in [6.07, 6.45) is 4.07. The molecule has 20 heavy (non-hydrogen) atoms. The summed E-state index contributed by atoms with van der Waals surface area (Å²) in [6.45, 7) is 4.32. The summed E-state index contributed by atoms with van der Waals surface area (Å²) in [5.74, 6) is 0.847. The van der Waals surface area contributed by atoms with E-state index >= 15 is 0 Å². The fourth-order valence-electron chi connectivity index (χ4n) is 2.59. The lowest BCUT2D eigenvalue weighted by Gasteiger charge is -2.26. The van der Waals surface area contributed by atoms with Gasteiger partial charge in [0.05, 0.1) is 6.61 Å². The third kappa shape index (κ3) is 5.49. The first kappa shape index (κ1) is 15.3. The largest absolute Gasteiger partial charge is 0.494 e. The Morgan fingerprint density at radius 1 is 1.05 bits per heavy atom. The van der Waals surface area contributed by atoms with Crippen molar-refractivity contribution in [1.29, 1.82) is 0 Å². The summed E-state index contributed by atoms with van der Waals surface area (Å²) in [7, 11) is 0. The van der Waals surface area contributed by atoms with Crippen LogP contribution in [0.15, 0.2) is 24.3 Å². The summed E-state index contributed by atoms with van der Waals surface area (Å²) >= 11 is 0. The van der Waals surface area contributed by atoms with Crippen LogP contribution in [0.5, 0.6) is 5.75 Å². The maximum Gasteiger partial charge on any atom is 0.155 e. The smallest absolute Gasteiger partial charge is 0.155 e. The molecule has 4 heteroatoms. The van der Waals surface area contributed by atoms with Gasteiger partial charge in [-0.1, -0.05) is 18.6 Å². The molecule has 0 spiro atoms. The molecule has 1 saturated heterocycles. The number of rotatable bonds is 7. The molecule has 1 aliphatic heterocycles. The molecule has 4 nitrogen and oxygen atoms in total. The number of aliphatic hydroxyl groups is 2. The van der Waals surface area contributed by atoms with Crippen molar-refractivity contribution in [3.8, 4) is 5.75 Å². The molecule has 1 aliphatic rings. The van der Waals surface area contributed by atoms with Crippen molar-refractivity contribution in [2.24, 2.45) is 0 Å². The molecule has 2 N–H and O–H groups in total. The monoisotopic (exact) mass is 279 g/mol. The first-order chi connectivity index (χ1) is 9.74. The normalized spacial score (nSPS) is 16.6. The van der Waals surface area contributed by atoms with E-state index in [0.29, 0.717) is 0 Å². The maximum absolute atomic E-state index is 8.89. The predicted octanol–water partition coefficient (Wildman–Crippen LogP) is 1.79. The highest BCUT2D eigenvalue weighted by molar-refractivity contribution is 5.27. The molecule has 1 aromatic carbocycles. The van der Waals surface area contributed by atoms with Crippen molar-refractivity contribution >= 4 is 0 Å². The van der Waals surface area contributed by atoms with E-state index in [9.17, 15) is 0 Å². The van der Waals surface area contributed by atoms with Gasteiger partial charge in [-0.15, -0.1) is 0 Å². The van der Waals surface area contributed by atoms with Gasteiger partial charge in [-0.2, -0.15) is 0 Å². The van der Waals surface area contributed by atoms with Crippen LogP contribution in [0.2, 0.25) is 0 Å². The molecule has 1 aromatic rings. The van der Waals surface area contributed by atoms with Gasteiger partial charge in [-0.25, -0.2) is 0 Å². The molecule has 1 heterocycles. The zero-order valence-electron chi connectivity index (χ0n) is 12.0. The SMILES string of the molecule is OC(O)Cc1ccc(OCCCN2CCCCC2)cc1. The van der Waals surface area contributed by atoms with Crippen molar-refractivity contribution in [3.05, 3.63) is 29.8 Å². The Hall–Kier alpha value is -1.10. The number of nitrogens with zero attached hydrogens (tertiary/aromatic N) is 1. The van der Waals surface area contributed by atoms with Gasteiger partial charge in [-0.3, -0.25) is 0 Å². The Bertz CT molecular complexity index is 372. The number of ether oxygens (including phenoxy) is 1. The molecule has 0 amide bonds. The third-order valence-corrected chi connectivity index (χ3v) is 3.68. The Balaban J connectivity index is 1.63. The number of piperidine rings is 1. The van der Waals surface area contributed by atoms with Crippen LogP contribution in [0.25, 0.3) is 0 Å². The molecule has 0 radical (unpaired) electrons. The minimum absolute atomic E-state index is 0.259. The van der Waals surface area contributed by atoms with E-state index < -0.39 is 6.29 Å². The van der Waals surface area contributed by atoms with E-state index in [2.05, 4.69) is 4.90 Å². The second-order valence-electron chi connectivity index (χ2n) is 5.43. The van der Waals surface area contributed by atoms with Crippen molar-refractivity contribution in [2.45, 2.75) is 38.4 Å². The van der Waals surface area contributed by atoms with E-state index in [0.717, 1.165) is 30.9 Å². The highest BCUT2D eigenvalue weighted by Gasteiger charge is 2.09. The van der Waals surface area contributed by atoms with E-state index in [1.807, 2.05) is 24.3 Å². The average molecular weight is 279 g/mol. The second-order valence-corrected chi connectivity index (χ2v) is 5.43. The first-order valence-electron chi connectivity index (χ1n) is 7.54. The number of hydrogen-bond donors (Lipinski definition) is 2. The lowest BCUT2D eigenvalue weighted by molar-refractivity contribution is -0.0381. The summed E-state index contributed by atoms with van der Waals surface area (Å²) < 4.78 is 5.71. The van der Waals surface area contributed by atoms with Gasteiger partial charge in [0.2, 0.25) is 0 Å². The van der Waals surface area contributed by atoms with Gasteiger partial charge >= 0.3 is 0 Å². The molecule has 0 atom stereocenters. The number of benzene rings is 1. The van der Waals surface area contributed by atoms with Crippen molar-refractivity contribution in [3.63, 3.8) is 0 Å². The Morgan fingerprint density at radius 3 is 2.40 bits per heavy atom. The van der Waals surface area contributed by atoms with E-state index in [1.165, 1.54) is 32.4 Å². The summed E-state index contributed by atoms with van der Waals surface area (Å²) in [5.41, 5.74) is 0.903. The van der Waals surface area contributed by atoms with Gasteiger partial charge in [0.15, 0.2) is 6.29 Å². The van der Waals surface area contributed by atoms with Crippen molar-refractivity contribution in [2.75, 3.05) is 26.2 Å². The third-order valence-electron chi connectivity index (χ3n) is 3.68. The molecule has 0 unspecified atom stereocenters. The molecule has 0 aliphatic carbocycles. The topological polar surface area (TPSA) is 52.9 Å². The van der Waals surface area contributed by atoms with Gasteiger partial charge in [0.1, 0.15) is 5.75 Å². The Labute approximate surface area is 121 Å². The number of likely N-dealkylation sites (tertiary alicyclic amines) is 1. The molecule has 0 saturated carbocycles. The zero-order chi connectivity index (χ0) is 14.2. The minimum atomic E-state index is -1.29. The number of hydrogen-bond acceptors (Lipinski definition) is 4. The van der Waals surface area contributed by atoms with Crippen LogP contribution >= 0.6 is 0 Å². The van der Waals surface area contributed by atoms with E-state index in [4.69, 9.17) is 14.9 Å². The van der Waals surface area contributed by atoms with Crippen molar-refractivity contribution in [1.82, 2.24) is 4.90 Å². The van der Waals surface area contributed by atoms with Gasteiger partial charge in [0.25, 0.3) is 0 Å². The van der Waals surface area contributed by atoms with Crippen LogP contribution in [0, 0.1) is 0 Å². The Kier molecular flexibility index (Phi) is 6.30. The molecule has 0 bridgehead atoms. The molecular weight excluding hydrogens is 254 g/mol. The molecule has 1 fully saturated rings. The lowest BCUT2D eigenvalue weighted by atomic mass is 10.1. The minimum Gasteiger partial charge on any atom is -0.494 e. The predicted molar refractivity (Wildman–Crippen MR) is 78.8 cm³/mol. The second kappa shape index (κ2) is 8.25. The highest BCUT2D eigenvalue weighted by Crippen LogP contribution is 2.14. The maximum atomic E-state index is 8.89. The van der Waals surface area contributed by atoms with Crippen LogP contribution in [0.4, 0.5) is 0 Å². The van der Waals surface area contributed by atoms with Crippen LogP contribution in [-0.4, -0.2) is 47.6 Å². The van der Waals surface area contributed by atoms with Crippen LogP contribution in [-0.2, 0) is 6.42 Å². The van der Waals surface area contributed by atoms with Crippen LogP contribution in [0.1, 0.15) is 31.2 Å². The number of aliphatic hydroxyl groups excluding tert-OH is 1. The van der Waals surface area contributed by atoms with Crippen LogP contribution < -0.4 is 4.74 Å². The Morgan fingerprint density at radius 2 is 1.75 bits per heavy atom. The van der Waals surface area contributed by atoms with E-state index in [-0.39, 0.29) is 6.42 Å². The van der Waals surface area contributed by atoms with Gasteiger partial charge < -0.3 is 19.8 Å². The van der Waals surface area contributed by atoms with Crippen LogP contribution in [0.3, 0.4) is 0 Å². The standard InChI is InChI=1S/C16H25NO3/c18-16(19)13-14-5-7-15(8-6-14)20-12-4-11-17-9-2-1-3-10-17/h5-8,16,18-19H,1-4,9-13H2. The molecular formula is C16H25NO3. The van der Waals surface area contributed by atoms with E-state index in [1.54, 1.807) is 0 Å². The molecule has 112 valence electrons.